The van der Waals surface area contributed by atoms with E-state index < -0.39 is 29.4 Å². The highest BCUT2D eigenvalue weighted by Gasteiger charge is 2.22. The molecule has 0 aliphatic heterocycles. The lowest BCUT2D eigenvalue weighted by molar-refractivity contribution is -0.123. The molecule has 3 heterocycles. The van der Waals surface area contributed by atoms with Crippen LogP contribution in [0.15, 0.2) is 35.3 Å². The fourth-order valence-electron chi connectivity index (χ4n) is 4.26. The third-order valence-corrected chi connectivity index (χ3v) is 6.33. The number of amides is 3. The molecule has 0 aromatic carbocycles. The van der Waals surface area contributed by atoms with E-state index in [1.54, 1.807) is 26.2 Å². The second-order valence-corrected chi connectivity index (χ2v) is 10.2. The van der Waals surface area contributed by atoms with Crippen molar-refractivity contribution in [3.8, 4) is 0 Å². The van der Waals surface area contributed by atoms with Gasteiger partial charge in [0.1, 0.15) is 23.1 Å². The van der Waals surface area contributed by atoms with Gasteiger partial charge in [0.25, 0.3) is 5.56 Å². The molecule has 0 fully saturated rings. The summed E-state index contributed by atoms with van der Waals surface area (Å²) in [7, 11) is 3.19. The molecular formula is C28H36FN7O5. The zero-order chi connectivity index (χ0) is 30.3. The number of hydrogen-bond acceptors (Lipinski definition) is 6. The molecule has 0 bridgehead atoms. The first kappa shape index (κ1) is 31.0. The number of aromatic nitrogens is 4. The van der Waals surface area contributed by atoms with E-state index in [4.69, 9.17) is 0 Å². The lowest BCUT2D eigenvalue weighted by atomic mass is 10.1. The van der Waals surface area contributed by atoms with Gasteiger partial charge in [-0.1, -0.05) is 26.8 Å². The summed E-state index contributed by atoms with van der Waals surface area (Å²) >= 11 is 0. The van der Waals surface area contributed by atoms with Crippen molar-refractivity contribution in [1.82, 2.24) is 29.7 Å². The van der Waals surface area contributed by atoms with Gasteiger partial charge in [0.05, 0.1) is 24.0 Å². The molecule has 3 aromatic rings. The molecule has 0 saturated heterocycles. The minimum Gasteiger partial charge on any atom is -0.465 e. The average Bonchev–Trinajstić information content (AvgIpc) is 3.34. The number of allylic oxidation sites excluding steroid dienone is 1. The summed E-state index contributed by atoms with van der Waals surface area (Å²) in [6.45, 7) is 5.91. The van der Waals surface area contributed by atoms with Crippen molar-refractivity contribution in [3.05, 3.63) is 63.9 Å². The number of H-pyrrole nitrogens is 1. The summed E-state index contributed by atoms with van der Waals surface area (Å²) in [4.78, 5) is 62.5. The van der Waals surface area contributed by atoms with Gasteiger partial charge in [0, 0.05) is 19.8 Å². The molecule has 0 aliphatic rings. The van der Waals surface area contributed by atoms with Crippen molar-refractivity contribution < 1.29 is 23.9 Å². The van der Waals surface area contributed by atoms with Gasteiger partial charge < -0.3 is 30.2 Å². The molecule has 3 amide bonds. The number of carbonyl (C=O) groups excluding carboxylic acids is 2. The molecule has 0 aliphatic carbocycles. The third-order valence-electron chi connectivity index (χ3n) is 6.33. The summed E-state index contributed by atoms with van der Waals surface area (Å²) in [5.41, 5.74) is 1.39. The van der Waals surface area contributed by atoms with Crippen LogP contribution in [-0.2, 0) is 29.0 Å². The van der Waals surface area contributed by atoms with Crippen LogP contribution in [0, 0.1) is 11.7 Å². The molecule has 3 aromatic heterocycles. The van der Waals surface area contributed by atoms with Crippen LogP contribution in [0.4, 0.5) is 14.9 Å². The van der Waals surface area contributed by atoms with Crippen LogP contribution in [0.1, 0.15) is 50.8 Å². The number of carboxylic acid groups (broad SMARTS) is 1. The van der Waals surface area contributed by atoms with E-state index in [2.05, 4.69) is 25.6 Å². The molecule has 13 heteroatoms. The van der Waals surface area contributed by atoms with Crippen LogP contribution < -0.4 is 16.2 Å². The summed E-state index contributed by atoms with van der Waals surface area (Å²) in [5.74, 6) is -0.900. The van der Waals surface area contributed by atoms with Crippen LogP contribution in [0.5, 0.6) is 0 Å². The molecular weight excluding hydrogens is 533 g/mol. The number of rotatable bonds is 12. The molecule has 3 rings (SSSR count). The van der Waals surface area contributed by atoms with Crippen LogP contribution in [-0.4, -0.2) is 67.6 Å². The van der Waals surface area contributed by atoms with Crippen molar-refractivity contribution in [2.75, 3.05) is 19.4 Å². The maximum Gasteiger partial charge on any atom is 0.405 e. The Morgan fingerprint density at radius 2 is 1.98 bits per heavy atom. The van der Waals surface area contributed by atoms with Gasteiger partial charge in [0.15, 0.2) is 5.82 Å². The Hall–Kier alpha value is -4.55. The summed E-state index contributed by atoms with van der Waals surface area (Å²) in [5, 5.41) is 13.9. The van der Waals surface area contributed by atoms with Crippen molar-refractivity contribution in [2.24, 2.45) is 5.92 Å². The monoisotopic (exact) mass is 569 g/mol. The van der Waals surface area contributed by atoms with Crippen LogP contribution in [0.2, 0.25) is 0 Å². The number of halogens is 1. The zero-order valence-corrected chi connectivity index (χ0v) is 23.8. The van der Waals surface area contributed by atoms with E-state index in [9.17, 15) is 28.7 Å². The normalized spacial score (nSPS) is 12.2. The van der Waals surface area contributed by atoms with Crippen LogP contribution in [0.25, 0.3) is 11.0 Å². The van der Waals surface area contributed by atoms with E-state index in [-0.39, 0.29) is 42.4 Å². The first-order valence-corrected chi connectivity index (χ1v) is 13.3. The largest absolute Gasteiger partial charge is 0.465 e. The van der Waals surface area contributed by atoms with Gasteiger partial charge in [-0.05, 0) is 49.8 Å². The number of imidazole rings is 1. The van der Waals surface area contributed by atoms with Crippen molar-refractivity contribution in [3.63, 3.8) is 0 Å². The van der Waals surface area contributed by atoms with Gasteiger partial charge in [-0.2, -0.15) is 0 Å². The van der Waals surface area contributed by atoms with E-state index in [1.807, 2.05) is 20.8 Å². The van der Waals surface area contributed by atoms with E-state index >= 15 is 0 Å². The Kier molecular flexibility index (Phi) is 10.3. The van der Waals surface area contributed by atoms with Crippen molar-refractivity contribution in [2.45, 2.75) is 59.0 Å². The minimum absolute atomic E-state index is 0.0114. The topological polar surface area (TPSA) is 162 Å². The van der Waals surface area contributed by atoms with Crippen molar-refractivity contribution >= 4 is 34.6 Å². The predicted molar refractivity (Wildman–Crippen MR) is 152 cm³/mol. The number of fused-ring (bicyclic) bond motifs is 1. The number of pyridine rings is 2. The van der Waals surface area contributed by atoms with E-state index in [0.717, 1.165) is 6.20 Å². The van der Waals surface area contributed by atoms with E-state index in [0.29, 0.717) is 35.6 Å². The van der Waals surface area contributed by atoms with Gasteiger partial charge >= 0.3 is 6.09 Å². The Morgan fingerprint density at radius 3 is 2.61 bits per heavy atom. The molecule has 220 valence electrons. The van der Waals surface area contributed by atoms with E-state index in [1.165, 1.54) is 21.6 Å². The van der Waals surface area contributed by atoms with Crippen molar-refractivity contribution in [1.29, 1.82) is 0 Å². The second-order valence-electron chi connectivity index (χ2n) is 10.2. The molecule has 12 nitrogen and oxygen atoms in total. The summed E-state index contributed by atoms with van der Waals surface area (Å²) in [6.07, 6.45) is 4.05. The number of likely N-dealkylation sites (N-methyl/N-ethyl adjacent to an activating group) is 1. The first-order chi connectivity index (χ1) is 19.4. The standard InChI is InChI=1S/C28H36FN7O5/c1-6-17-11-12-20(31-26(38)19(32-28(40)41)9-7-8-10-23(37)35(4)5)27(39)36(17)15-22-33-24-18(29)14-30-21(13-16(2)3)25(24)34-22/h8,10-12,14,16,19,32H,6-7,9,13,15H2,1-5H3,(H,31,38)(H,33,34)(H,40,41)/b10-8+. The number of aromatic amines is 1. The molecule has 4 N–H and O–H groups in total. The Labute approximate surface area is 236 Å². The maximum atomic E-state index is 14.5. The summed E-state index contributed by atoms with van der Waals surface area (Å²) < 4.78 is 15.9. The highest BCUT2D eigenvalue weighted by molar-refractivity contribution is 5.96. The smallest absolute Gasteiger partial charge is 0.405 e. The molecule has 1 unspecified atom stereocenters. The Balaban J connectivity index is 1.86. The fourth-order valence-corrected chi connectivity index (χ4v) is 4.26. The highest BCUT2D eigenvalue weighted by Crippen LogP contribution is 2.21. The Morgan fingerprint density at radius 1 is 1.24 bits per heavy atom. The van der Waals surface area contributed by atoms with Crippen LogP contribution >= 0.6 is 0 Å². The molecule has 1 atom stereocenters. The number of nitrogens with one attached hydrogen (secondary N) is 3. The molecule has 0 radical (unpaired) electrons. The van der Waals surface area contributed by atoms with Gasteiger partial charge in [0.2, 0.25) is 11.8 Å². The lowest BCUT2D eigenvalue weighted by Gasteiger charge is -2.17. The second kappa shape index (κ2) is 13.7. The number of aryl methyl sites for hydroxylation is 1. The Bertz CT molecular complexity index is 1510. The van der Waals surface area contributed by atoms with Gasteiger partial charge in [-0.3, -0.25) is 19.4 Å². The van der Waals surface area contributed by atoms with Gasteiger partial charge in [-0.15, -0.1) is 0 Å². The maximum absolute atomic E-state index is 14.5. The number of hydrogen-bond donors (Lipinski definition) is 4. The average molecular weight is 570 g/mol. The number of nitrogens with zero attached hydrogens (tertiary/aromatic N) is 4. The number of carbonyl (C=O) groups is 3. The van der Waals surface area contributed by atoms with Gasteiger partial charge in [-0.25, -0.2) is 14.2 Å². The quantitative estimate of drug-likeness (QED) is 0.244. The van der Waals surface area contributed by atoms with Crippen LogP contribution in [0.3, 0.4) is 0 Å². The highest BCUT2D eigenvalue weighted by atomic mass is 19.1. The SMILES string of the molecule is CCc1ccc(NC(=O)C(CC/C=C/C(=O)N(C)C)NC(=O)O)c(=O)n1Cc1nc2c(F)cnc(CC(C)C)c2[nH]1. The molecule has 41 heavy (non-hydrogen) atoms. The molecule has 0 spiro atoms. The predicted octanol–water partition coefficient (Wildman–Crippen LogP) is 3.07. The fraction of sp³-hybridized carbons (Fsp3) is 0.429. The third kappa shape index (κ3) is 7.99. The summed E-state index contributed by atoms with van der Waals surface area (Å²) in [6, 6.07) is 1.98. The lowest BCUT2D eigenvalue weighted by Crippen LogP contribution is -2.44. The minimum atomic E-state index is -1.40. The first-order valence-electron chi connectivity index (χ1n) is 13.3. The molecule has 0 saturated carbocycles. The number of anilines is 1. The zero-order valence-electron chi connectivity index (χ0n) is 23.8.